The van der Waals surface area contributed by atoms with Crippen molar-refractivity contribution in [2.24, 2.45) is 0 Å². The third kappa shape index (κ3) is 1.64. The van der Waals surface area contributed by atoms with Crippen molar-refractivity contribution in [3.05, 3.63) is 30.1 Å². The van der Waals surface area contributed by atoms with Crippen molar-refractivity contribution in [3.8, 4) is 0 Å². The van der Waals surface area contributed by atoms with Crippen LogP contribution in [-0.2, 0) is 23.4 Å². The first-order valence-corrected chi connectivity index (χ1v) is 5.41. The third-order valence-electron chi connectivity index (χ3n) is 2.78. The Morgan fingerprint density at radius 3 is 2.75 bits per heavy atom. The Kier molecular flexibility index (Phi) is 2.37. The molecule has 0 saturated heterocycles. The first-order valence-electron chi connectivity index (χ1n) is 5.41. The molecular weight excluding hydrogens is 202 g/mol. The Morgan fingerprint density at radius 1 is 1.50 bits per heavy atom. The van der Waals surface area contributed by atoms with E-state index in [9.17, 15) is 4.79 Å². The van der Waals surface area contributed by atoms with Crippen LogP contribution in [0.5, 0.6) is 0 Å². The number of hydrogen-bond acceptors (Lipinski definition) is 2. The van der Waals surface area contributed by atoms with Gasteiger partial charge in [-0.3, -0.25) is 9.48 Å². The van der Waals surface area contributed by atoms with Crippen molar-refractivity contribution in [2.45, 2.75) is 39.4 Å². The molecule has 1 aliphatic rings. The van der Waals surface area contributed by atoms with Gasteiger partial charge in [0.05, 0.1) is 24.0 Å². The minimum atomic E-state index is -0.0409. The van der Waals surface area contributed by atoms with Gasteiger partial charge in [0.1, 0.15) is 0 Å². The number of fused-ring (bicyclic) bond motifs is 1. The fourth-order valence-electron chi connectivity index (χ4n) is 2.01. The fraction of sp³-hybridized carbons (Fsp3) is 0.500. The van der Waals surface area contributed by atoms with Crippen molar-refractivity contribution < 1.29 is 4.79 Å². The van der Waals surface area contributed by atoms with E-state index in [-0.39, 0.29) is 11.4 Å². The highest BCUT2D eigenvalue weighted by Crippen LogP contribution is 2.26. The molecule has 1 aromatic rings. The second-order valence-electron chi connectivity index (χ2n) is 5.10. The number of carbonyl (C=O) groups excluding carboxylic acids is 1. The van der Waals surface area contributed by atoms with Crippen molar-refractivity contribution in [2.75, 3.05) is 0 Å². The molecule has 0 saturated carbocycles. The topological polar surface area (TPSA) is 38.1 Å². The Bertz CT molecular complexity index is 440. The molecule has 0 bridgehead atoms. The minimum Gasteiger partial charge on any atom is -0.329 e. The highest BCUT2D eigenvalue weighted by Gasteiger charge is 2.29. The lowest BCUT2D eigenvalue weighted by molar-refractivity contribution is -0.126. The number of carbonyl (C=O) groups is 1. The van der Waals surface area contributed by atoms with Gasteiger partial charge in [-0.25, -0.2) is 0 Å². The number of nitrogens with zero attached hydrogens (tertiary/aromatic N) is 3. The van der Waals surface area contributed by atoms with Crippen LogP contribution in [0.4, 0.5) is 0 Å². The van der Waals surface area contributed by atoms with Gasteiger partial charge in [-0.1, -0.05) is 6.58 Å². The van der Waals surface area contributed by atoms with E-state index >= 15 is 0 Å². The summed E-state index contributed by atoms with van der Waals surface area (Å²) in [5.74, 6) is -0.0170. The first kappa shape index (κ1) is 10.9. The van der Waals surface area contributed by atoms with E-state index in [4.69, 9.17) is 0 Å². The van der Waals surface area contributed by atoms with Gasteiger partial charge in [0, 0.05) is 12.1 Å². The van der Waals surface area contributed by atoms with Crippen molar-refractivity contribution in [1.82, 2.24) is 14.7 Å². The van der Waals surface area contributed by atoms with Gasteiger partial charge in [0.2, 0.25) is 5.91 Å². The van der Waals surface area contributed by atoms with Crippen LogP contribution in [-0.4, -0.2) is 20.6 Å². The quantitative estimate of drug-likeness (QED) is 0.674. The van der Waals surface area contributed by atoms with E-state index in [0.29, 0.717) is 13.1 Å². The van der Waals surface area contributed by atoms with Crippen LogP contribution in [0.25, 0.3) is 0 Å². The highest BCUT2D eigenvalue weighted by atomic mass is 16.2. The summed E-state index contributed by atoms with van der Waals surface area (Å²) in [5.41, 5.74) is 2.24. The summed E-state index contributed by atoms with van der Waals surface area (Å²) in [7, 11) is 0. The summed E-state index contributed by atoms with van der Waals surface area (Å²) < 4.78 is 2.00. The molecule has 0 atom stereocenters. The minimum absolute atomic E-state index is 0.0170. The van der Waals surface area contributed by atoms with Gasteiger partial charge in [0.15, 0.2) is 0 Å². The van der Waals surface area contributed by atoms with Crippen LogP contribution >= 0.6 is 0 Å². The molecule has 4 heteroatoms. The predicted octanol–water partition coefficient (Wildman–Crippen LogP) is 1.67. The van der Waals surface area contributed by atoms with Crippen LogP contribution in [0.1, 0.15) is 32.0 Å². The second-order valence-corrected chi connectivity index (χ2v) is 5.10. The Morgan fingerprint density at radius 2 is 2.19 bits per heavy atom. The second kappa shape index (κ2) is 3.47. The third-order valence-corrected chi connectivity index (χ3v) is 2.78. The molecule has 1 amide bonds. The van der Waals surface area contributed by atoms with Crippen LogP contribution in [0.2, 0.25) is 0 Å². The van der Waals surface area contributed by atoms with E-state index in [1.807, 2.05) is 10.9 Å². The van der Waals surface area contributed by atoms with E-state index in [1.54, 1.807) is 4.90 Å². The molecule has 16 heavy (non-hydrogen) atoms. The summed E-state index contributed by atoms with van der Waals surface area (Å²) in [4.78, 5) is 13.3. The maximum atomic E-state index is 11.5. The average molecular weight is 219 g/mol. The molecule has 0 aliphatic carbocycles. The number of amides is 1. The Balaban J connectivity index is 2.29. The summed E-state index contributed by atoms with van der Waals surface area (Å²) in [6.45, 7) is 11.1. The standard InChI is InChI=1S/C12H17N3O/c1-5-11(16)14-7-9-6-13-15(10(9)8-14)12(2,3)4/h5-6H,1,7-8H2,2-4H3. The van der Waals surface area contributed by atoms with E-state index in [2.05, 4.69) is 32.4 Å². The lowest BCUT2D eigenvalue weighted by atomic mass is 10.1. The van der Waals surface area contributed by atoms with Crippen LogP contribution in [0.3, 0.4) is 0 Å². The monoisotopic (exact) mass is 219 g/mol. The molecular formula is C12H17N3O. The van der Waals surface area contributed by atoms with Gasteiger partial charge >= 0.3 is 0 Å². The largest absolute Gasteiger partial charge is 0.329 e. The fourth-order valence-corrected chi connectivity index (χ4v) is 2.01. The maximum absolute atomic E-state index is 11.5. The normalized spacial score (nSPS) is 15.1. The van der Waals surface area contributed by atoms with Gasteiger partial charge in [-0.05, 0) is 26.8 Å². The average Bonchev–Trinajstić information content (AvgIpc) is 2.72. The smallest absolute Gasteiger partial charge is 0.246 e. The molecule has 0 radical (unpaired) electrons. The van der Waals surface area contributed by atoms with E-state index in [1.165, 1.54) is 6.08 Å². The van der Waals surface area contributed by atoms with Gasteiger partial charge in [-0.15, -0.1) is 0 Å². The summed E-state index contributed by atoms with van der Waals surface area (Å²) in [6, 6.07) is 0. The van der Waals surface area contributed by atoms with Gasteiger partial charge in [-0.2, -0.15) is 5.10 Å². The van der Waals surface area contributed by atoms with Crippen molar-refractivity contribution in [3.63, 3.8) is 0 Å². The molecule has 4 nitrogen and oxygen atoms in total. The molecule has 0 fully saturated rings. The van der Waals surface area contributed by atoms with Crippen LogP contribution < -0.4 is 0 Å². The molecule has 0 N–H and O–H groups in total. The van der Waals surface area contributed by atoms with Crippen LogP contribution in [0.15, 0.2) is 18.9 Å². The zero-order valence-electron chi connectivity index (χ0n) is 10.0. The number of aromatic nitrogens is 2. The predicted molar refractivity (Wildman–Crippen MR) is 61.7 cm³/mol. The zero-order valence-corrected chi connectivity index (χ0v) is 10.0. The summed E-state index contributed by atoms with van der Waals surface area (Å²) in [5, 5.41) is 4.38. The molecule has 0 unspecified atom stereocenters. The number of rotatable bonds is 1. The molecule has 1 aliphatic heterocycles. The molecule has 0 aromatic carbocycles. The first-order chi connectivity index (χ1) is 7.43. The van der Waals surface area contributed by atoms with Crippen molar-refractivity contribution >= 4 is 5.91 Å². The van der Waals surface area contributed by atoms with E-state index < -0.39 is 0 Å². The molecule has 2 heterocycles. The van der Waals surface area contributed by atoms with Crippen molar-refractivity contribution in [1.29, 1.82) is 0 Å². The lowest BCUT2D eigenvalue weighted by Crippen LogP contribution is -2.28. The summed E-state index contributed by atoms with van der Waals surface area (Å²) >= 11 is 0. The molecule has 1 aromatic heterocycles. The lowest BCUT2D eigenvalue weighted by Gasteiger charge is -2.22. The zero-order chi connectivity index (χ0) is 11.9. The summed E-state index contributed by atoms with van der Waals surface area (Å²) in [6.07, 6.45) is 3.22. The Labute approximate surface area is 95.5 Å². The van der Waals surface area contributed by atoms with Gasteiger partial charge in [0.25, 0.3) is 0 Å². The Hall–Kier alpha value is -1.58. The highest BCUT2D eigenvalue weighted by molar-refractivity contribution is 5.87. The molecule has 2 rings (SSSR count). The SMILES string of the molecule is C=CC(=O)N1Cc2cnn(C(C)(C)C)c2C1. The van der Waals surface area contributed by atoms with Crippen LogP contribution in [0, 0.1) is 0 Å². The molecule has 86 valence electrons. The molecule has 0 spiro atoms. The van der Waals surface area contributed by atoms with E-state index in [0.717, 1.165) is 11.3 Å². The number of hydrogen-bond donors (Lipinski definition) is 0. The maximum Gasteiger partial charge on any atom is 0.246 e. The van der Waals surface area contributed by atoms with Gasteiger partial charge < -0.3 is 4.90 Å².